The maximum atomic E-state index is 11.1. The van der Waals surface area contributed by atoms with Crippen molar-refractivity contribution in [2.75, 3.05) is 47.0 Å². The van der Waals surface area contributed by atoms with Crippen LogP contribution in [-0.2, 0) is 16.1 Å². The molecule has 0 saturated heterocycles. The molecule has 0 bridgehead atoms. The van der Waals surface area contributed by atoms with Gasteiger partial charge in [-0.25, -0.2) is 0 Å². The highest BCUT2D eigenvalue weighted by Crippen LogP contribution is 2.12. The summed E-state index contributed by atoms with van der Waals surface area (Å²) in [5.41, 5.74) is 1.02. The standard InChI is InChI=1S/C18H28N2O3/c1-5-18(21)19-15-16-7-9-17(10-8-16)23-14-13-22-12-11-20(3,4)6-2/h5,7-10H,1,6,11-15H2,2-4H3/p+1. The Kier molecular flexibility index (Phi) is 8.37. The lowest BCUT2D eigenvalue weighted by Crippen LogP contribution is -2.42. The van der Waals surface area contributed by atoms with Gasteiger partial charge in [0.15, 0.2) is 0 Å². The molecule has 23 heavy (non-hydrogen) atoms. The molecule has 1 N–H and O–H groups in total. The van der Waals surface area contributed by atoms with Crippen molar-refractivity contribution < 1.29 is 18.8 Å². The highest BCUT2D eigenvalue weighted by molar-refractivity contribution is 5.86. The van der Waals surface area contributed by atoms with E-state index in [0.29, 0.717) is 19.8 Å². The zero-order valence-corrected chi connectivity index (χ0v) is 14.5. The third kappa shape index (κ3) is 8.38. The molecule has 0 aliphatic rings. The molecule has 0 atom stereocenters. The minimum Gasteiger partial charge on any atom is -0.491 e. The van der Waals surface area contributed by atoms with Crippen LogP contribution in [0.5, 0.6) is 5.75 Å². The molecule has 0 aromatic heterocycles. The lowest BCUT2D eigenvalue weighted by atomic mass is 10.2. The maximum absolute atomic E-state index is 11.1. The minimum atomic E-state index is -0.174. The number of nitrogens with one attached hydrogen (secondary N) is 1. The molecule has 1 aromatic carbocycles. The first kappa shape index (κ1) is 19.2. The van der Waals surface area contributed by atoms with Crippen LogP contribution in [0.3, 0.4) is 0 Å². The van der Waals surface area contributed by atoms with E-state index in [9.17, 15) is 4.79 Å². The number of hydrogen-bond donors (Lipinski definition) is 1. The lowest BCUT2D eigenvalue weighted by Gasteiger charge is -2.27. The number of amides is 1. The summed E-state index contributed by atoms with van der Waals surface area (Å²) in [5, 5.41) is 2.73. The van der Waals surface area contributed by atoms with Gasteiger partial charge in [-0.3, -0.25) is 4.79 Å². The van der Waals surface area contributed by atoms with Crippen molar-refractivity contribution in [1.29, 1.82) is 0 Å². The van der Waals surface area contributed by atoms with Crippen LogP contribution in [0.25, 0.3) is 0 Å². The predicted octanol–water partition coefficient (Wildman–Crippen LogP) is 1.98. The number of nitrogens with zero attached hydrogens (tertiary/aromatic N) is 1. The highest BCUT2D eigenvalue weighted by Gasteiger charge is 2.10. The van der Waals surface area contributed by atoms with Crippen molar-refractivity contribution in [3.8, 4) is 5.75 Å². The molecular weight excluding hydrogens is 292 g/mol. The van der Waals surface area contributed by atoms with Gasteiger partial charge in [-0.2, -0.15) is 0 Å². The topological polar surface area (TPSA) is 47.6 Å². The van der Waals surface area contributed by atoms with Gasteiger partial charge < -0.3 is 19.3 Å². The zero-order valence-electron chi connectivity index (χ0n) is 14.5. The Bertz CT molecular complexity index is 484. The fourth-order valence-corrected chi connectivity index (χ4v) is 1.76. The summed E-state index contributed by atoms with van der Waals surface area (Å²) in [5.74, 6) is 0.629. The maximum Gasteiger partial charge on any atom is 0.243 e. The van der Waals surface area contributed by atoms with Crippen molar-refractivity contribution in [2.24, 2.45) is 0 Å². The van der Waals surface area contributed by atoms with Crippen LogP contribution in [0, 0.1) is 0 Å². The normalized spacial score (nSPS) is 11.1. The molecular formula is C18H29N2O3+. The van der Waals surface area contributed by atoms with Crippen molar-refractivity contribution in [3.63, 3.8) is 0 Å². The molecule has 0 spiro atoms. The second-order valence-electron chi connectivity index (χ2n) is 6.00. The van der Waals surface area contributed by atoms with Crippen molar-refractivity contribution >= 4 is 5.91 Å². The first-order valence-corrected chi connectivity index (χ1v) is 7.98. The summed E-state index contributed by atoms with van der Waals surface area (Å²) >= 11 is 0. The Morgan fingerprint density at radius 1 is 1.22 bits per heavy atom. The fourth-order valence-electron chi connectivity index (χ4n) is 1.76. The van der Waals surface area contributed by atoms with Gasteiger partial charge >= 0.3 is 0 Å². The highest BCUT2D eigenvalue weighted by atomic mass is 16.5. The Hall–Kier alpha value is -1.85. The summed E-state index contributed by atoms with van der Waals surface area (Å²) in [6.07, 6.45) is 1.26. The third-order valence-electron chi connectivity index (χ3n) is 3.77. The molecule has 0 heterocycles. The van der Waals surface area contributed by atoms with Crippen LogP contribution in [0.15, 0.2) is 36.9 Å². The first-order chi connectivity index (χ1) is 11.0. The van der Waals surface area contributed by atoms with Crippen LogP contribution < -0.4 is 10.1 Å². The van der Waals surface area contributed by atoms with Crippen molar-refractivity contribution in [3.05, 3.63) is 42.5 Å². The van der Waals surface area contributed by atoms with Crippen LogP contribution in [0.4, 0.5) is 0 Å². The molecule has 5 nitrogen and oxygen atoms in total. The van der Waals surface area contributed by atoms with Crippen LogP contribution in [0.2, 0.25) is 0 Å². The summed E-state index contributed by atoms with van der Waals surface area (Å²) < 4.78 is 12.2. The Morgan fingerprint density at radius 3 is 2.52 bits per heavy atom. The predicted molar refractivity (Wildman–Crippen MR) is 92.3 cm³/mol. The molecule has 0 fully saturated rings. The van der Waals surface area contributed by atoms with Crippen LogP contribution >= 0.6 is 0 Å². The average molecular weight is 321 g/mol. The molecule has 1 amide bonds. The van der Waals surface area contributed by atoms with Gasteiger partial charge in [0.25, 0.3) is 0 Å². The molecule has 128 valence electrons. The third-order valence-corrected chi connectivity index (χ3v) is 3.77. The molecule has 0 radical (unpaired) electrons. The van der Waals surface area contributed by atoms with E-state index in [2.05, 4.69) is 32.9 Å². The number of ether oxygens (including phenoxy) is 2. The number of quaternary nitrogens is 1. The number of hydrogen-bond acceptors (Lipinski definition) is 3. The van der Waals surface area contributed by atoms with Gasteiger partial charge in [0.1, 0.15) is 18.9 Å². The second kappa shape index (κ2) is 10.0. The Morgan fingerprint density at radius 2 is 1.91 bits per heavy atom. The monoisotopic (exact) mass is 321 g/mol. The lowest BCUT2D eigenvalue weighted by molar-refractivity contribution is -0.888. The van der Waals surface area contributed by atoms with Gasteiger partial charge in [-0.15, -0.1) is 0 Å². The Balaban J connectivity index is 2.18. The van der Waals surface area contributed by atoms with Gasteiger partial charge in [0.2, 0.25) is 5.91 Å². The van der Waals surface area contributed by atoms with E-state index in [4.69, 9.17) is 9.47 Å². The summed E-state index contributed by atoms with van der Waals surface area (Å²) in [6.45, 7) is 10.0. The van der Waals surface area contributed by atoms with E-state index in [1.165, 1.54) is 6.08 Å². The SMILES string of the molecule is C=CC(=O)NCc1ccc(OCCOCC[N+](C)(C)CC)cc1. The number of likely N-dealkylation sites (N-methyl/N-ethyl adjacent to an activating group) is 1. The smallest absolute Gasteiger partial charge is 0.243 e. The van der Waals surface area contributed by atoms with Crippen LogP contribution in [0.1, 0.15) is 12.5 Å². The van der Waals surface area contributed by atoms with Crippen molar-refractivity contribution in [2.45, 2.75) is 13.5 Å². The average Bonchev–Trinajstić information content (AvgIpc) is 2.56. The summed E-state index contributed by atoms with van der Waals surface area (Å²) in [4.78, 5) is 11.1. The molecule has 5 heteroatoms. The zero-order chi connectivity index (χ0) is 17.1. The molecule has 0 saturated carbocycles. The largest absolute Gasteiger partial charge is 0.491 e. The van der Waals surface area contributed by atoms with Crippen molar-refractivity contribution in [1.82, 2.24) is 5.32 Å². The molecule has 0 aliphatic heterocycles. The quantitative estimate of drug-likeness (QED) is 0.385. The van der Waals surface area contributed by atoms with E-state index < -0.39 is 0 Å². The van der Waals surface area contributed by atoms with E-state index in [-0.39, 0.29) is 5.91 Å². The van der Waals surface area contributed by atoms with E-state index >= 15 is 0 Å². The second-order valence-corrected chi connectivity index (χ2v) is 6.00. The molecule has 0 unspecified atom stereocenters. The van der Waals surface area contributed by atoms with E-state index in [1.54, 1.807) is 0 Å². The van der Waals surface area contributed by atoms with Crippen LogP contribution in [-0.4, -0.2) is 57.4 Å². The summed E-state index contributed by atoms with van der Waals surface area (Å²) in [6, 6.07) is 7.65. The molecule has 1 rings (SSSR count). The number of carbonyl (C=O) groups is 1. The summed E-state index contributed by atoms with van der Waals surface area (Å²) in [7, 11) is 4.39. The van der Waals surface area contributed by atoms with E-state index in [1.807, 2.05) is 24.3 Å². The number of carbonyl (C=O) groups excluding carboxylic acids is 1. The van der Waals surface area contributed by atoms with Gasteiger partial charge in [0, 0.05) is 6.54 Å². The minimum absolute atomic E-state index is 0.174. The van der Waals surface area contributed by atoms with Gasteiger partial charge in [-0.05, 0) is 30.7 Å². The number of rotatable bonds is 11. The van der Waals surface area contributed by atoms with Gasteiger partial charge in [-0.1, -0.05) is 18.7 Å². The molecule has 1 aromatic rings. The first-order valence-electron chi connectivity index (χ1n) is 7.98. The van der Waals surface area contributed by atoms with Gasteiger partial charge in [0.05, 0.1) is 33.9 Å². The molecule has 0 aliphatic carbocycles. The van der Waals surface area contributed by atoms with E-state index in [0.717, 1.165) is 35.5 Å². The Labute approximate surface area is 139 Å². The number of benzene rings is 1. The fraction of sp³-hybridized carbons (Fsp3) is 0.500.